The molecular formula is C14H17F2NO4S. The number of benzene rings is 1. The van der Waals surface area contributed by atoms with Crippen molar-refractivity contribution in [1.82, 2.24) is 0 Å². The number of alkyl halides is 2. The van der Waals surface area contributed by atoms with Crippen molar-refractivity contribution < 1.29 is 26.7 Å². The molecule has 8 heteroatoms. The third-order valence-electron chi connectivity index (χ3n) is 3.60. The standard InChI is InChI=1S/C14H17F2NO4S/c1-21-13(18)12-10(14(12,15)16)7-17-11-6-4-3-5-9(11)8-22(2,19)20/h3-6,10,12,17H,7-8H2,1-2H3. The molecule has 0 saturated heterocycles. The van der Waals surface area contributed by atoms with Crippen LogP contribution in [0, 0.1) is 11.8 Å². The van der Waals surface area contributed by atoms with E-state index in [9.17, 15) is 22.0 Å². The number of carbonyl (C=O) groups is 1. The smallest absolute Gasteiger partial charge is 0.315 e. The van der Waals surface area contributed by atoms with Gasteiger partial charge in [-0.15, -0.1) is 0 Å². The zero-order chi connectivity index (χ0) is 16.5. The number of halogens is 2. The normalized spacial score (nSPS) is 22.9. The van der Waals surface area contributed by atoms with Gasteiger partial charge in [0.05, 0.1) is 18.8 Å². The van der Waals surface area contributed by atoms with Crippen molar-refractivity contribution >= 4 is 21.5 Å². The summed E-state index contributed by atoms with van der Waals surface area (Å²) in [6.07, 6.45) is 1.10. The van der Waals surface area contributed by atoms with E-state index in [-0.39, 0.29) is 12.3 Å². The molecule has 0 bridgehead atoms. The highest BCUT2D eigenvalue weighted by Crippen LogP contribution is 2.55. The maximum atomic E-state index is 13.5. The topological polar surface area (TPSA) is 72.5 Å². The lowest BCUT2D eigenvalue weighted by Crippen LogP contribution is -2.12. The molecule has 122 valence electrons. The first kappa shape index (κ1) is 16.7. The lowest BCUT2D eigenvalue weighted by atomic mass is 10.2. The zero-order valence-corrected chi connectivity index (χ0v) is 13.0. The van der Waals surface area contributed by atoms with Crippen LogP contribution in [0.1, 0.15) is 5.56 Å². The lowest BCUT2D eigenvalue weighted by Gasteiger charge is -2.11. The molecule has 0 radical (unpaired) electrons. The summed E-state index contributed by atoms with van der Waals surface area (Å²) in [6.45, 7) is -0.131. The number of carbonyl (C=O) groups excluding carboxylic acids is 1. The second kappa shape index (κ2) is 5.83. The zero-order valence-electron chi connectivity index (χ0n) is 12.2. The van der Waals surface area contributed by atoms with E-state index < -0.39 is 33.6 Å². The van der Waals surface area contributed by atoms with Crippen molar-refractivity contribution in [1.29, 1.82) is 0 Å². The number of ether oxygens (including phenoxy) is 1. The van der Waals surface area contributed by atoms with Crippen molar-refractivity contribution in [3.63, 3.8) is 0 Å². The molecule has 2 unspecified atom stereocenters. The van der Waals surface area contributed by atoms with Crippen LogP contribution in [0.25, 0.3) is 0 Å². The Morgan fingerprint density at radius 1 is 1.36 bits per heavy atom. The molecule has 0 spiro atoms. The van der Waals surface area contributed by atoms with Gasteiger partial charge < -0.3 is 10.1 Å². The summed E-state index contributed by atoms with van der Waals surface area (Å²) < 4.78 is 54.2. The largest absolute Gasteiger partial charge is 0.469 e. The predicted molar refractivity (Wildman–Crippen MR) is 77.4 cm³/mol. The monoisotopic (exact) mass is 333 g/mol. The fraction of sp³-hybridized carbons (Fsp3) is 0.500. The van der Waals surface area contributed by atoms with E-state index in [1.807, 2.05) is 0 Å². The molecule has 1 N–H and O–H groups in total. The minimum absolute atomic E-state index is 0.131. The minimum atomic E-state index is -3.24. The van der Waals surface area contributed by atoms with Crippen LogP contribution in [0.2, 0.25) is 0 Å². The van der Waals surface area contributed by atoms with Crippen molar-refractivity contribution in [2.75, 3.05) is 25.2 Å². The van der Waals surface area contributed by atoms with Crippen LogP contribution in [0.3, 0.4) is 0 Å². The van der Waals surface area contributed by atoms with Gasteiger partial charge in [-0.1, -0.05) is 18.2 Å². The summed E-state index contributed by atoms with van der Waals surface area (Å²) in [5, 5.41) is 2.81. The van der Waals surface area contributed by atoms with Crippen LogP contribution < -0.4 is 5.32 Å². The van der Waals surface area contributed by atoms with Crippen LogP contribution >= 0.6 is 0 Å². The number of esters is 1. The summed E-state index contributed by atoms with van der Waals surface area (Å²) in [4.78, 5) is 11.3. The van der Waals surface area contributed by atoms with E-state index in [1.165, 1.54) is 0 Å². The van der Waals surface area contributed by atoms with Crippen LogP contribution in [0.4, 0.5) is 14.5 Å². The van der Waals surface area contributed by atoms with E-state index in [1.54, 1.807) is 24.3 Å². The average Bonchev–Trinajstić information content (AvgIpc) is 2.96. The minimum Gasteiger partial charge on any atom is -0.469 e. The molecule has 1 aliphatic rings. The van der Waals surface area contributed by atoms with Crippen LogP contribution in [-0.4, -0.2) is 40.2 Å². The number of anilines is 1. The Bertz CT molecular complexity index is 675. The number of hydrogen-bond acceptors (Lipinski definition) is 5. The molecular weight excluding hydrogens is 316 g/mol. The quantitative estimate of drug-likeness (QED) is 0.802. The average molecular weight is 333 g/mol. The first-order valence-electron chi connectivity index (χ1n) is 6.62. The molecule has 1 aromatic rings. The highest BCUT2D eigenvalue weighted by Gasteiger charge is 2.72. The maximum Gasteiger partial charge on any atom is 0.315 e. The van der Waals surface area contributed by atoms with Gasteiger partial charge in [-0.25, -0.2) is 17.2 Å². The van der Waals surface area contributed by atoms with Crippen molar-refractivity contribution in [2.24, 2.45) is 11.8 Å². The van der Waals surface area contributed by atoms with Gasteiger partial charge >= 0.3 is 5.97 Å². The van der Waals surface area contributed by atoms with Gasteiger partial charge in [-0.2, -0.15) is 0 Å². The lowest BCUT2D eigenvalue weighted by molar-refractivity contribution is -0.144. The van der Waals surface area contributed by atoms with Gasteiger partial charge in [0.15, 0.2) is 9.84 Å². The Labute approximate surface area is 127 Å². The SMILES string of the molecule is COC(=O)C1C(CNc2ccccc2CS(C)(=O)=O)C1(F)F. The molecule has 1 fully saturated rings. The predicted octanol–water partition coefficient (Wildman–Crippen LogP) is 1.70. The molecule has 0 heterocycles. The van der Waals surface area contributed by atoms with Crippen molar-refractivity contribution in [3.05, 3.63) is 29.8 Å². The van der Waals surface area contributed by atoms with Crippen molar-refractivity contribution in [3.8, 4) is 0 Å². The van der Waals surface area contributed by atoms with Gasteiger partial charge in [-0.3, -0.25) is 4.79 Å². The maximum absolute atomic E-state index is 13.5. The molecule has 0 aromatic heterocycles. The molecule has 5 nitrogen and oxygen atoms in total. The van der Waals surface area contributed by atoms with Gasteiger partial charge in [0.1, 0.15) is 5.92 Å². The Morgan fingerprint density at radius 3 is 2.59 bits per heavy atom. The number of hydrogen-bond donors (Lipinski definition) is 1. The summed E-state index contributed by atoms with van der Waals surface area (Å²) >= 11 is 0. The van der Waals surface area contributed by atoms with E-state index in [0.29, 0.717) is 11.3 Å². The third kappa shape index (κ3) is 3.55. The van der Waals surface area contributed by atoms with Gasteiger partial charge in [0, 0.05) is 18.5 Å². The van der Waals surface area contributed by atoms with E-state index >= 15 is 0 Å². The first-order chi connectivity index (χ1) is 10.2. The third-order valence-corrected chi connectivity index (χ3v) is 4.44. The highest BCUT2D eigenvalue weighted by molar-refractivity contribution is 7.89. The summed E-state index contributed by atoms with van der Waals surface area (Å²) in [5.41, 5.74) is 0.975. The Morgan fingerprint density at radius 2 is 2.00 bits per heavy atom. The number of rotatable bonds is 6. The summed E-state index contributed by atoms with van der Waals surface area (Å²) in [6, 6.07) is 6.59. The summed E-state index contributed by atoms with van der Waals surface area (Å²) in [7, 11) is -2.16. The van der Waals surface area contributed by atoms with Gasteiger partial charge in [0.2, 0.25) is 0 Å². The van der Waals surface area contributed by atoms with Crippen molar-refractivity contribution in [2.45, 2.75) is 11.7 Å². The van der Waals surface area contributed by atoms with Crippen LogP contribution in [0.15, 0.2) is 24.3 Å². The summed E-state index contributed by atoms with van der Waals surface area (Å²) in [5.74, 6) is -6.79. The first-order valence-corrected chi connectivity index (χ1v) is 8.68. The van der Waals surface area contributed by atoms with Crippen LogP contribution in [-0.2, 0) is 25.1 Å². The Kier molecular flexibility index (Phi) is 4.42. The number of sulfone groups is 1. The molecule has 2 atom stereocenters. The molecule has 2 rings (SSSR count). The van der Waals surface area contributed by atoms with Crippen LogP contribution in [0.5, 0.6) is 0 Å². The Hall–Kier alpha value is -1.70. The molecule has 22 heavy (non-hydrogen) atoms. The molecule has 0 amide bonds. The van der Waals surface area contributed by atoms with E-state index in [2.05, 4.69) is 10.1 Å². The molecule has 0 aliphatic heterocycles. The van der Waals surface area contributed by atoms with E-state index in [4.69, 9.17) is 0 Å². The molecule has 1 saturated carbocycles. The number of nitrogens with one attached hydrogen (secondary N) is 1. The number of methoxy groups -OCH3 is 1. The number of para-hydroxylation sites is 1. The second-order valence-corrected chi connectivity index (χ2v) is 7.53. The fourth-order valence-electron chi connectivity index (χ4n) is 2.41. The highest BCUT2D eigenvalue weighted by atomic mass is 32.2. The fourth-order valence-corrected chi connectivity index (χ4v) is 3.23. The molecule has 1 aromatic carbocycles. The second-order valence-electron chi connectivity index (χ2n) is 5.39. The van der Waals surface area contributed by atoms with Gasteiger partial charge in [0.25, 0.3) is 5.92 Å². The van der Waals surface area contributed by atoms with Gasteiger partial charge in [-0.05, 0) is 11.6 Å². The van der Waals surface area contributed by atoms with E-state index in [0.717, 1.165) is 13.4 Å². The molecule has 1 aliphatic carbocycles. The Balaban J connectivity index is 2.06.